The van der Waals surface area contributed by atoms with Gasteiger partial charge in [0, 0.05) is 22.0 Å². The molecule has 23 heavy (non-hydrogen) atoms. The third kappa shape index (κ3) is 3.53. The molecule has 0 atom stereocenters. The molecule has 0 fully saturated rings. The maximum atomic E-state index is 12.7. The molecule has 3 aromatic rings. The van der Waals surface area contributed by atoms with Crippen LogP contribution in [-0.4, -0.2) is 34.3 Å². The Kier molecular flexibility index (Phi) is 4.63. The molecule has 118 valence electrons. The number of nitrogens with zero attached hydrogens (tertiary/aromatic N) is 3. The number of carbonyl (C=O) groups is 1. The first-order valence-corrected chi connectivity index (χ1v) is 8.30. The van der Waals surface area contributed by atoms with Crippen LogP contribution in [0.4, 0.5) is 5.69 Å². The van der Waals surface area contributed by atoms with Crippen LogP contribution in [-0.2, 0) is 6.54 Å². The Morgan fingerprint density at radius 2 is 1.96 bits per heavy atom. The number of carbonyl (C=O) groups excluding carboxylic acids is 1. The molecule has 0 saturated heterocycles. The lowest BCUT2D eigenvalue weighted by Crippen LogP contribution is -2.19. The quantitative estimate of drug-likeness (QED) is 0.660. The van der Waals surface area contributed by atoms with Gasteiger partial charge in [-0.3, -0.25) is 4.79 Å². The molecule has 0 radical (unpaired) electrons. The zero-order valence-electron chi connectivity index (χ0n) is 13.0. The molecule has 0 spiro atoms. The second-order valence-electron chi connectivity index (χ2n) is 5.53. The highest BCUT2D eigenvalue weighted by Gasteiger charge is 2.19. The van der Waals surface area contributed by atoms with Crippen molar-refractivity contribution in [3.8, 4) is 0 Å². The van der Waals surface area contributed by atoms with E-state index < -0.39 is 0 Å². The highest BCUT2D eigenvalue weighted by Crippen LogP contribution is 2.17. The predicted octanol–water partition coefficient (Wildman–Crippen LogP) is 3.25. The van der Waals surface area contributed by atoms with Crippen molar-refractivity contribution in [1.29, 1.82) is 0 Å². The Morgan fingerprint density at radius 1 is 1.22 bits per heavy atom. The minimum Gasteiger partial charge on any atom is -0.321 e. The topological polar surface area (TPSA) is 49.6 Å². The van der Waals surface area contributed by atoms with Crippen molar-refractivity contribution >= 4 is 39.8 Å². The van der Waals surface area contributed by atoms with E-state index in [1.807, 2.05) is 72.1 Å². The molecule has 0 unspecified atom stereocenters. The molecule has 0 aliphatic rings. The molecule has 0 saturated carbocycles. The normalized spacial score (nSPS) is 11.1. The number of pyridine rings is 1. The Bertz CT molecular complexity index is 839. The maximum absolute atomic E-state index is 12.7. The third-order valence-corrected chi connectivity index (χ3v) is 4.13. The second kappa shape index (κ2) is 6.67. The average Bonchev–Trinajstić information content (AvgIpc) is 2.88. The molecule has 1 amide bonds. The van der Waals surface area contributed by atoms with Crippen LogP contribution >= 0.6 is 22.6 Å². The molecular formula is C17H17IN4O. The fourth-order valence-corrected chi connectivity index (χ4v) is 2.76. The molecule has 0 aliphatic heterocycles. The Labute approximate surface area is 148 Å². The van der Waals surface area contributed by atoms with Crippen molar-refractivity contribution in [2.24, 2.45) is 0 Å². The van der Waals surface area contributed by atoms with E-state index in [9.17, 15) is 4.79 Å². The van der Waals surface area contributed by atoms with Gasteiger partial charge in [0.2, 0.25) is 0 Å². The number of halogens is 1. The van der Waals surface area contributed by atoms with Crippen molar-refractivity contribution in [2.45, 2.75) is 6.54 Å². The standard InChI is InChI=1S/C17H17IN4O/c1-21(2)11-14-16(20-15-5-3-4-10-22(14)15)17(23)19-13-8-6-12(18)7-9-13/h3-10H,11H2,1-2H3,(H,19,23). The Balaban J connectivity index is 1.97. The summed E-state index contributed by atoms with van der Waals surface area (Å²) >= 11 is 2.24. The van der Waals surface area contributed by atoms with Crippen LogP contribution in [0, 0.1) is 3.57 Å². The fourth-order valence-electron chi connectivity index (χ4n) is 2.40. The van der Waals surface area contributed by atoms with Crippen LogP contribution in [0.3, 0.4) is 0 Å². The van der Waals surface area contributed by atoms with Gasteiger partial charge in [0.1, 0.15) is 5.65 Å². The first-order chi connectivity index (χ1) is 11.0. The summed E-state index contributed by atoms with van der Waals surface area (Å²) in [7, 11) is 3.95. The van der Waals surface area contributed by atoms with E-state index in [0.29, 0.717) is 12.2 Å². The number of imidazole rings is 1. The van der Waals surface area contributed by atoms with E-state index >= 15 is 0 Å². The fraction of sp³-hybridized carbons (Fsp3) is 0.176. The summed E-state index contributed by atoms with van der Waals surface area (Å²) in [5, 5.41) is 2.92. The van der Waals surface area contributed by atoms with Crippen LogP contribution in [0.1, 0.15) is 16.2 Å². The van der Waals surface area contributed by atoms with Crippen molar-refractivity contribution in [3.05, 3.63) is 63.6 Å². The average molecular weight is 420 g/mol. The largest absolute Gasteiger partial charge is 0.321 e. The van der Waals surface area contributed by atoms with Gasteiger partial charge in [-0.1, -0.05) is 6.07 Å². The summed E-state index contributed by atoms with van der Waals surface area (Å²) in [6.45, 7) is 0.640. The van der Waals surface area contributed by atoms with E-state index in [2.05, 4.69) is 32.9 Å². The van der Waals surface area contributed by atoms with E-state index in [0.717, 1.165) is 20.6 Å². The van der Waals surface area contributed by atoms with Crippen LogP contribution in [0.2, 0.25) is 0 Å². The summed E-state index contributed by atoms with van der Waals surface area (Å²) in [5.74, 6) is -0.188. The van der Waals surface area contributed by atoms with E-state index in [1.165, 1.54) is 0 Å². The number of amides is 1. The van der Waals surface area contributed by atoms with Gasteiger partial charge in [0.05, 0.1) is 5.69 Å². The van der Waals surface area contributed by atoms with Crippen LogP contribution in [0.25, 0.3) is 5.65 Å². The molecule has 1 N–H and O–H groups in total. The SMILES string of the molecule is CN(C)Cc1c(C(=O)Nc2ccc(I)cc2)nc2ccccn12. The number of fused-ring (bicyclic) bond motifs is 1. The van der Waals surface area contributed by atoms with Gasteiger partial charge in [-0.25, -0.2) is 4.98 Å². The summed E-state index contributed by atoms with van der Waals surface area (Å²) < 4.78 is 3.09. The van der Waals surface area contributed by atoms with Crippen molar-refractivity contribution in [3.63, 3.8) is 0 Å². The number of benzene rings is 1. The Hall–Kier alpha value is -1.93. The molecule has 2 heterocycles. The molecule has 3 rings (SSSR count). The Morgan fingerprint density at radius 3 is 2.65 bits per heavy atom. The zero-order valence-corrected chi connectivity index (χ0v) is 15.1. The monoisotopic (exact) mass is 420 g/mol. The van der Waals surface area contributed by atoms with Gasteiger partial charge in [-0.2, -0.15) is 0 Å². The minimum absolute atomic E-state index is 0.188. The number of hydrogen-bond donors (Lipinski definition) is 1. The third-order valence-electron chi connectivity index (χ3n) is 3.41. The van der Waals surface area contributed by atoms with Crippen LogP contribution in [0.5, 0.6) is 0 Å². The summed E-state index contributed by atoms with van der Waals surface area (Å²) in [4.78, 5) is 19.2. The summed E-state index contributed by atoms with van der Waals surface area (Å²) in [6, 6.07) is 13.5. The van der Waals surface area contributed by atoms with Crippen LogP contribution < -0.4 is 5.32 Å². The van der Waals surface area contributed by atoms with Gasteiger partial charge in [0.15, 0.2) is 5.69 Å². The van der Waals surface area contributed by atoms with Gasteiger partial charge >= 0.3 is 0 Å². The molecule has 6 heteroatoms. The zero-order chi connectivity index (χ0) is 16.4. The lowest BCUT2D eigenvalue weighted by atomic mass is 10.2. The molecule has 1 aromatic carbocycles. The van der Waals surface area contributed by atoms with Gasteiger partial charge in [-0.15, -0.1) is 0 Å². The smallest absolute Gasteiger partial charge is 0.276 e. The minimum atomic E-state index is -0.188. The molecular weight excluding hydrogens is 403 g/mol. The molecule has 5 nitrogen and oxygen atoms in total. The van der Waals surface area contributed by atoms with E-state index in [1.54, 1.807) is 0 Å². The highest BCUT2D eigenvalue weighted by molar-refractivity contribution is 14.1. The van der Waals surface area contributed by atoms with Gasteiger partial charge in [-0.05, 0) is 73.1 Å². The molecule has 2 aromatic heterocycles. The van der Waals surface area contributed by atoms with Crippen molar-refractivity contribution in [1.82, 2.24) is 14.3 Å². The highest BCUT2D eigenvalue weighted by atomic mass is 127. The number of rotatable bonds is 4. The van der Waals surface area contributed by atoms with Crippen LogP contribution in [0.15, 0.2) is 48.7 Å². The number of aromatic nitrogens is 2. The number of nitrogens with one attached hydrogen (secondary N) is 1. The summed E-state index contributed by atoms with van der Waals surface area (Å²) in [5.41, 5.74) is 2.89. The summed E-state index contributed by atoms with van der Waals surface area (Å²) in [6.07, 6.45) is 1.93. The van der Waals surface area contributed by atoms with Crippen molar-refractivity contribution < 1.29 is 4.79 Å². The molecule has 0 aliphatic carbocycles. The first kappa shape index (κ1) is 15.9. The van der Waals surface area contributed by atoms with Gasteiger partial charge < -0.3 is 14.6 Å². The second-order valence-corrected chi connectivity index (χ2v) is 6.78. The van der Waals surface area contributed by atoms with E-state index in [-0.39, 0.29) is 5.91 Å². The van der Waals surface area contributed by atoms with Gasteiger partial charge in [0.25, 0.3) is 5.91 Å². The predicted molar refractivity (Wildman–Crippen MR) is 99.7 cm³/mol. The lowest BCUT2D eigenvalue weighted by Gasteiger charge is -2.11. The lowest BCUT2D eigenvalue weighted by molar-refractivity contribution is 0.102. The number of hydrogen-bond acceptors (Lipinski definition) is 3. The van der Waals surface area contributed by atoms with E-state index in [4.69, 9.17) is 0 Å². The number of anilines is 1. The molecule has 0 bridgehead atoms. The first-order valence-electron chi connectivity index (χ1n) is 7.22. The van der Waals surface area contributed by atoms with Crippen molar-refractivity contribution in [2.75, 3.05) is 19.4 Å². The maximum Gasteiger partial charge on any atom is 0.276 e.